The summed E-state index contributed by atoms with van der Waals surface area (Å²) in [5.74, 6) is 1.05. The summed E-state index contributed by atoms with van der Waals surface area (Å²) in [6.07, 6.45) is 3.67. The average Bonchev–Trinajstić information content (AvgIpc) is 2.97. The Hall–Kier alpha value is -0.606. The van der Waals surface area contributed by atoms with Gasteiger partial charge >= 0.3 is 0 Å². The van der Waals surface area contributed by atoms with Gasteiger partial charge in [-0.1, -0.05) is 90.1 Å². The van der Waals surface area contributed by atoms with Crippen molar-refractivity contribution in [1.82, 2.24) is 0 Å². The zero-order chi connectivity index (χ0) is 36.5. The molecule has 1 aromatic carbocycles. The van der Waals surface area contributed by atoms with Gasteiger partial charge in [0.15, 0.2) is 16.6 Å². The second-order valence-corrected chi connectivity index (χ2v) is 27.1. The van der Waals surface area contributed by atoms with Crippen LogP contribution in [0.2, 0.25) is 36.3 Å². The number of ether oxygens (including phenoxy) is 4. The summed E-state index contributed by atoms with van der Waals surface area (Å²) in [5, 5.41) is 0.117. The normalized spacial score (nSPS) is 23.2. The molecule has 3 unspecified atom stereocenters. The van der Waals surface area contributed by atoms with Crippen LogP contribution in [0.5, 0.6) is 5.75 Å². The van der Waals surface area contributed by atoms with E-state index in [1.807, 2.05) is 34.4 Å². The predicted octanol–water partition coefficient (Wildman–Crippen LogP) is 10.1. The molecule has 0 spiro atoms. The topological polar surface area (TPSA) is 72.5 Å². The third-order valence-electron chi connectivity index (χ3n) is 10.8. The molecule has 0 amide bonds. The van der Waals surface area contributed by atoms with Gasteiger partial charge < -0.3 is 27.8 Å². The first-order chi connectivity index (χ1) is 22.2. The lowest BCUT2D eigenvalue weighted by Gasteiger charge is -2.50. The van der Waals surface area contributed by atoms with Crippen LogP contribution < -0.4 is 4.74 Å². The van der Waals surface area contributed by atoms with E-state index in [4.69, 9.17) is 27.8 Å². The number of halogens is 1. The molecule has 1 aliphatic rings. The van der Waals surface area contributed by atoms with Gasteiger partial charge in [0, 0.05) is 33.0 Å². The summed E-state index contributed by atoms with van der Waals surface area (Å²) in [6, 6.07) is 7.89. The Morgan fingerprint density at radius 3 is 2.00 bits per heavy atom. The van der Waals surface area contributed by atoms with Crippen LogP contribution >= 0.6 is 22.6 Å². The molecule has 2 rings (SSSR count). The van der Waals surface area contributed by atoms with Gasteiger partial charge in [-0.25, -0.2) is 0 Å². The molecule has 276 valence electrons. The lowest BCUT2D eigenvalue weighted by atomic mass is 9.85. The first kappa shape index (κ1) is 43.6. The van der Waals surface area contributed by atoms with Crippen LogP contribution in [0.3, 0.4) is 0 Å². The predicted molar refractivity (Wildman–Crippen MR) is 211 cm³/mol. The van der Waals surface area contributed by atoms with E-state index in [0.29, 0.717) is 26.1 Å². The fourth-order valence-electron chi connectivity index (χ4n) is 5.66. The molecule has 7 nitrogen and oxygen atoms in total. The molecule has 0 saturated carbocycles. The van der Waals surface area contributed by atoms with Crippen LogP contribution in [-0.2, 0) is 34.5 Å². The zero-order valence-corrected chi connectivity index (χ0v) is 36.6. The number of methoxy groups -OCH3 is 2. The highest BCUT2D eigenvalue weighted by molar-refractivity contribution is 14.1. The van der Waals surface area contributed by atoms with E-state index in [1.54, 1.807) is 14.2 Å². The number of rotatable bonds is 18. The highest BCUT2D eigenvalue weighted by atomic mass is 127. The monoisotopic (exact) mass is 818 g/mol. The Balaban J connectivity index is 2.25. The van der Waals surface area contributed by atoms with E-state index in [9.17, 15) is 4.79 Å². The van der Waals surface area contributed by atoms with E-state index in [2.05, 4.69) is 104 Å². The van der Waals surface area contributed by atoms with E-state index in [1.165, 1.54) is 0 Å². The molecular formula is C38H67IO7Si2. The van der Waals surface area contributed by atoms with Crippen molar-refractivity contribution in [3.05, 3.63) is 40.0 Å². The van der Waals surface area contributed by atoms with Gasteiger partial charge in [-0.05, 0) is 82.4 Å². The number of hydrogen-bond donors (Lipinski definition) is 0. The molecule has 0 N–H and O–H groups in total. The van der Waals surface area contributed by atoms with Gasteiger partial charge in [0.05, 0.1) is 44.2 Å². The van der Waals surface area contributed by atoms with Crippen LogP contribution in [0.15, 0.2) is 34.4 Å². The molecule has 1 aliphatic heterocycles. The van der Waals surface area contributed by atoms with Crippen molar-refractivity contribution in [3.8, 4) is 5.75 Å². The zero-order valence-electron chi connectivity index (χ0n) is 32.5. The van der Waals surface area contributed by atoms with Gasteiger partial charge in [-0.2, -0.15) is 0 Å². The molecular weight excluding hydrogens is 751 g/mol. The Bertz CT molecular complexity index is 1140. The number of carbonyl (C=O) groups excluding carboxylic acids is 1. The van der Waals surface area contributed by atoms with E-state index >= 15 is 0 Å². The first-order valence-corrected chi connectivity index (χ1v) is 24.7. The maximum absolute atomic E-state index is 13.7. The highest BCUT2D eigenvalue weighted by Gasteiger charge is 2.49. The van der Waals surface area contributed by atoms with Crippen molar-refractivity contribution in [2.24, 2.45) is 11.8 Å². The summed E-state index contributed by atoms with van der Waals surface area (Å²) < 4.78 is 40.3. The molecule has 48 heavy (non-hydrogen) atoms. The lowest BCUT2D eigenvalue weighted by molar-refractivity contribution is -0.181. The molecule has 0 radical (unpaired) electrons. The molecule has 1 saturated heterocycles. The maximum atomic E-state index is 13.7. The Kier molecular flexibility index (Phi) is 17.0. The average molecular weight is 819 g/mol. The second-order valence-electron chi connectivity index (χ2n) is 16.8. The Morgan fingerprint density at radius 2 is 1.50 bits per heavy atom. The molecule has 1 aromatic rings. The van der Waals surface area contributed by atoms with E-state index in [-0.39, 0.29) is 58.2 Å². The van der Waals surface area contributed by atoms with Crippen molar-refractivity contribution < 1.29 is 32.6 Å². The molecule has 10 heteroatoms. The van der Waals surface area contributed by atoms with Gasteiger partial charge in [0.25, 0.3) is 0 Å². The summed E-state index contributed by atoms with van der Waals surface area (Å²) >= 11 is 2.22. The largest absolute Gasteiger partial charge is 0.497 e. The van der Waals surface area contributed by atoms with Crippen LogP contribution in [0.4, 0.5) is 0 Å². The van der Waals surface area contributed by atoms with Crippen molar-refractivity contribution in [1.29, 1.82) is 0 Å². The first-order valence-electron chi connectivity index (χ1n) is 17.7. The fourth-order valence-corrected chi connectivity index (χ4v) is 8.77. The number of Topliss-reactive ketones (excluding diaryl/α,β-unsaturated/α-hetero) is 1. The SMILES string of the molecule is COCC[C@H]1O[C@@H](C(C)CC(=O)CC(C)C(/C=C/I)OCc2ccc(OC)cc2)[C@@H](O[Si](C)(C)C(C)(C)C)C[C@H]1O[Si](C)(C)C(C)(C)C. The van der Waals surface area contributed by atoms with Gasteiger partial charge in [-0.3, -0.25) is 4.79 Å². The molecule has 0 bridgehead atoms. The molecule has 0 aromatic heterocycles. The minimum atomic E-state index is -2.15. The summed E-state index contributed by atoms with van der Waals surface area (Å²) in [5.41, 5.74) is 1.07. The molecule has 0 aliphatic carbocycles. The van der Waals surface area contributed by atoms with Crippen molar-refractivity contribution in [2.45, 2.75) is 154 Å². The van der Waals surface area contributed by atoms with Crippen molar-refractivity contribution >= 4 is 45.0 Å². The second kappa shape index (κ2) is 18.8. The smallest absolute Gasteiger partial charge is 0.192 e. The third kappa shape index (κ3) is 12.9. The van der Waals surface area contributed by atoms with Crippen molar-refractivity contribution in [3.63, 3.8) is 0 Å². The van der Waals surface area contributed by atoms with Gasteiger partial charge in [-0.15, -0.1) is 0 Å². The van der Waals surface area contributed by atoms with Crippen molar-refractivity contribution in [2.75, 3.05) is 20.8 Å². The molecule has 1 fully saturated rings. The summed E-state index contributed by atoms with van der Waals surface area (Å²) in [6.45, 7) is 28.2. The van der Waals surface area contributed by atoms with E-state index < -0.39 is 16.6 Å². The van der Waals surface area contributed by atoms with Crippen LogP contribution in [-0.4, -0.2) is 73.8 Å². The Labute approximate surface area is 309 Å². The van der Waals surface area contributed by atoms with Gasteiger partial charge in [0.1, 0.15) is 11.5 Å². The summed E-state index contributed by atoms with van der Waals surface area (Å²) in [7, 11) is -0.841. The van der Waals surface area contributed by atoms with Crippen LogP contribution in [0.1, 0.15) is 86.6 Å². The molecule has 1 heterocycles. The minimum absolute atomic E-state index is 0.0166. The third-order valence-corrected chi connectivity index (χ3v) is 20.2. The highest BCUT2D eigenvalue weighted by Crippen LogP contribution is 2.44. The number of ketones is 1. The quantitative estimate of drug-likeness (QED) is 0.108. The molecule has 7 atom stereocenters. The maximum Gasteiger partial charge on any atom is 0.192 e. The standard InChI is InChI=1S/C38H67IO7Si2/c1-27(32(19-21-39)43-26-29-15-17-31(42-10)18-16-29)23-30(40)24-28(2)36-35(46-48(13,14)38(6,7)8)25-34(33(44-36)20-22-41-9)45-47(11,12)37(3,4)5/h15-19,21,27-28,32-36H,20,22-26H2,1-14H3/b21-19+/t27?,28?,32?,33-,34-,35+,36+/m1/s1. The number of hydrogen-bond acceptors (Lipinski definition) is 7. The van der Waals surface area contributed by atoms with Crippen LogP contribution in [0.25, 0.3) is 0 Å². The lowest BCUT2D eigenvalue weighted by Crippen LogP contribution is -2.58. The summed E-state index contributed by atoms with van der Waals surface area (Å²) in [4.78, 5) is 13.7. The van der Waals surface area contributed by atoms with E-state index in [0.717, 1.165) is 24.2 Å². The Morgan fingerprint density at radius 1 is 0.938 bits per heavy atom. The number of carbonyl (C=O) groups is 1. The van der Waals surface area contributed by atoms with Gasteiger partial charge in [0.2, 0.25) is 0 Å². The van der Waals surface area contributed by atoms with Crippen LogP contribution in [0, 0.1) is 11.8 Å². The minimum Gasteiger partial charge on any atom is -0.497 e. The number of benzene rings is 1. The fraction of sp³-hybridized carbons (Fsp3) is 0.763.